The van der Waals surface area contributed by atoms with E-state index in [2.05, 4.69) is 10.5 Å². The maximum atomic E-state index is 11.5. The predicted octanol–water partition coefficient (Wildman–Crippen LogP) is 2.60. The number of phenolic OH excluding ortho intramolecular Hbond substituents is 1. The SMILES string of the molecule is O=C(CCCCCC(=O)N/N=C/c1cc(Cl)cc(Cl)c1O)NO. The molecule has 0 unspecified atom stereocenters. The molecule has 1 rings (SSSR count). The van der Waals surface area contributed by atoms with Gasteiger partial charge in [-0.25, -0.2) is 10.9 Å². The number of phenols is 1. The van der Waals surface area contributed by atoms with Crippen molar-refractivity contribution in [1.29, 1.82) is 0 Å². The van der Waals surface area contributed by atoms with Crippen molar-refractivity contribution < 1.29 is 19.9 Å². The van der Waals surface area contributed by atoms with Crippen LogP contribution in [0.4, 0.5) is 0 Å². The number of hydrogen-bond donors (Lipinski definition) is 4. The summed E-state index contributed by atoms with van der Waals surface area (Å²) in [7, 11) is 0. The van der Waals surface area contributed by atoms with E-state index in [1.807, 2.05) is 0 Å². The monoisotopic (exact) mass is 361 g/mol. The van der Waals surface area contributed by atoms with Gasteiger partial charge in [0.25, 0.3) is 0 Å². The van der Waals surface area contributed by atoms with Crippen LogP contribution in [0.2, 0.25) is 10.0 Å². The molecule has 1 aromatic carbocycles. The zero-order chi connectivity index (χ0) is 17.2. The molecule has 0 spiro atoms. The summed E-state index contributed by atoms with van der Waals surface area (Å²) in [5.41, 5.74) is 4.16. The number of carbonyl (C=O) groups excluding carboxylic acids is 2. The molecule has 0 fully saturated rings. The molecule has 0 saturated heterocycles. The summed E-state index contributed by atoms with van der Waals surface area (Å²) in [6.45, 7) is 0. The predicted molar refractivity (Wildman–Crippen MR) is 86.9 cm³/mol. The summed E-state index contributed by atoms with van der Waals surface area (Å²) in [5, 5.41) is 22.2. The van der Waals surface area contributed by atoms with Gasteiger partial charge in [-0.05, 0) is 25.0 Å². The number of unbranched alkanes of at least 4 members (excludes halogenated alkanes) is 2. The maximum absolute atomic E-state index is 11.5. The van der Waals surface area contributed by atoms with Crippen LogP contribution in [0.1, 0.15) is 37.7 Å². The van der Waals surface area contributed by atoms with Gasteiger partial charge in [0.05, 0.1) is 11.2 Å². The lowest BCUT2D eigenvalue weighted by atomic mass is 10.1. The topological polar surface area (TPSA) is 111 Å². The number of carbonyl (C=O) groups is 2. The Bertz CT molecular complexity index is 594. The molecule has 0 atom stereocenters. The highest BCUT2D eigenvalue weighted by Gasteiger charge is 2.06. The van der Waals surface area contributed by atoms with Gasteiger partial charge < -0.3 is 5.11 Å². The Morgan fingerprint density at radius 2 is 1.78 bits per heavy atom. The molecule has 4 N–H and O–H groups in total. The minimum Gasteiger partial charge on any atom is -0.506 e. The first-order chi connectivity index (χ1) is 10.9. The van der Waals surface area contributed by atoms with Crippen molar-refractivity contribution in [3.63, 3.8) is 0 Å². The lowest BCUT2D eigenvalue weighted by Gasteiger charge is -2.03. The van der Waals surface area contributed by atoms with Crippen molar-refractivity contribution in [3.8, 4) is 5.75 Å². The molecular weight excluding hydrogens is 345 g/mol. The quantitative estimate of drug-likeness (QED) is 0.247. The number of nitrogens with one attached hydrogen (secondary N) is 2. The molecule has 0 heterocycles. The normalized spacial score (nSPS) is 10.7. The van der Waals surface area contributed by atoms with Crippen LogP contribution in [0.15, 0.2) is 17.2 Å². The van der Waals surface area contributed by atoms with Crippen LogP contribution in [0.5, 0.6) is 5.75 Å². The molecule has 0 aliphatic carbocycles. The van der Waals surface area contributed by atoms with Gasteiger partial charge in [0.1, 0.15) is 5.75 Å². The Kier molecular flexibility index (Phi) is 8.39. The van der Waals surface area contributed by atoms with Crippen LogP contribution in [0.25, 0.3) is 0 Å². The number of benzene rings is 1. The molecule has 9 heteroatoms. The highest BCUT2D eigenvalue weighted by molar-refractivity contribution is 6.36. The number of hydrogen-bond acceptors (Lipinski definition) is 5. The average molecular weight is 362 g/mol. The lowest BCUT2D eigenvalue weighted by Crippen LogP contribution is -2.18. The van der Waals surface area contributed by atoms with Gasteiger partial charge in [-0.1, -0.05) is 29.6 Å². The zero-order valence-electron chi connectivity index (χ0n) is 12.2. The maximum Gasteiger partial charge on any atom is 0.243 e. The first-order valence-corrected chi connectivity index (χ1v) is 7.62. The molecule has 0 bridgehead atoms. The fourth-order valence-corrected chi connectivity index (χ4v) is 2.23. The molecule has 1 aromatic rings. The van der Waals surface area contributed by atoms with Gasteiger partial charge in [0.2, 0.25) is 11.8 Å². The number of halogens is 2. The molecule has 0 radical (unpaired) electrons. The second-order valence-corrected chi connectivity index (χ2v) is 5.56. The third kappa shape index (κ3) is 7.32. The molecule has 7 nitrogen and oxygen atoms in total. The third-order valence-corrected chi connectivity index (χ3v) is 3.39. The standard InChI is InChI=1S/C14H17Cl2N3O4/c15-10-6-9(14(22)11(16)7-10)8-17-18-12(20)4-2-1-3-5-13(21)19-23/h6-8,22-23H,1-5H2,(H,18,20)(H,19,21)/b17-8+. The van der Waals surface area contributed by atoms with E-state index in [0.717, 1.165) is 0 Å². The minimum absolute atomic E-state index is 0.0946. The number of amides is 2. The second kappa shape index (κ2) is 10.0. The highest BCUT2D eigenvalue weighted by atomic mass is 35.5. The van der Waals surface area contributed by atoms with Crippen LogP contribution in [-0.2, 0) is 9.59 Å². The second-order valence-electron chi connectivity index (χ2n) is 4.71. The van der Waals surface area contributed by atoms with Gasteiger partial charge in [-0.3, -0.25) is 14.8 Å². The Morgan fingerprint density at radius 3 is 2.43 bits per heavy atom. The Balaban J connectivity index is 2.32. The van der Waals surface area contributed by atoms with Gasteiger partial charge in [-0.2, -0.15) is 5.10 Å². The number of nitrogens with zero attached hydrogens (tertiary/aromatic N) is 1. The van der Waals surface area contributed by atoms with Crippen molar-refractivity contribution in [2.24, 2.45) is 5.10 Å². The minimum atomic E-state index is -0.445. The van der Waals surface area contributed by atoms with E-state index in [9.17, 15) is 14.7 Å². The Labute approximate surface area is 143 Å². The molecule has 126 valence electrons. The van der Waals surface area contributed by atoms with E-state index in [-0.39, 0.29) is 35.1 Å². The van der Waals surface area contributed by atoms with Crippen molar-refractivity contribution in [2.75, 3.05) is 0 Å². The number of hydrazone groups is 1. The molecular formula is C14H17Cl2N3O4. The summed E-state index contributed by atoms with van der Waals surface area (Å²) >= 11 is 11.6. The smallest absolute Gasteiger partial charge is 0.243 e. The number of aromatic hydroxyl groups is 1. The molecule has 2 amide bonds. The van der Waals surface area contributed by atoms with Crippen LogP contribution in [-0.4, -0.2) is 28.3 Å². The Morgan fingerprint density at radius 1 is 1.13 bits per heavy atom. The molecule has 0 aliphatic heterocycles. The number of hydroxylamine groups is 1. The highest BCUT2D eigenvalue weighted by Crippen LogP contribution is 2.29. The first-order valence-electron chi connectivity index (χ1n) is 6.87. The zero-order valence-corrected chi connectivity index (χ0v) is 13.7. The number of rotatable bonds is 8. The summed E-state index contributed by atoms with van der Waals surface area (Å²) in [6.07, 6.45) is 3.56. The van der Waals surface area contributed by atoms with E-state index in [4.69, 9.17) is 28.4 Å². The lowest BCUT2D eigenvalue weighted by molar-refractivity contribution is -0.129. The van der Waals surface area contributed by atoms with E-state index in [1.165, 1.54) is 18.3 Å². The average Bonchev–Trinajstić information content (AvgIpc) is 2.51. The van der Waals surface area contributed by atoms with E-state index in [1.54, 1.807) is 5.48 Å². The fourth-order valence-electron chi connectivity index (χ4n) is 1.72. The van der Waals surface area contributed by atoms with Crippen LogP contribution in [0.3, 0.4) is 0 Å². The fraction of sp³-hybridized carbons (Fsp3) is 0.357. The van der Waals surface area contributed by atoms with Gasteiger partial charge in [0, 0.05) is 23.4 Å². The molecule has 0 saturated carbocycles. The summed E-state index contributed by atoms with van der Waals surface area (Å²) < 4.78 is 0. The Hall–Kier alpha value is -1.83. The van der Waals surface area contributed by atoms with Crippen LogP contribution >= 0.6 is 23.2 Å². The summed E-state index contributed by atoms with van der Waals surface area (Å²) in [4.78, 5) is 22.3. The van der Waals surface area contributed by atoms with Crippen molar-refractivity contribution in [1.82, 2.24) is 10.9 Å². The first kappa shape index (κ1) is 19.2. The largest absolute Gasteiger partial charge is 0.506 e. The van der Waals surface area contributed by atoms with E-state index >= 15 is 0 Å². The summed E-state index contributed by atoms with van der Waals surface area (Å²) in [5.74, 6) is -0.907. The molecule has 0 aliphatic rings. The summed E-state index contributed by atoms with van der Waals surface area (Å²) in [6, 6.07) is 2.86. The van der Waals surface area contributed by atoms with Crippen LogP contribution < -0.4 is 10.9 Å². The van der Waals surface area contributed by atoms with Crippen molar-refractivity contribution in [3.05, 3.63) is 27.7 Å². The van der Waals surface area contributed by atoms with Gasteiger partial charge in [0.15, 0.2) is 0 Å². The third-order valence-electron chi connectivity index (χ3n) is 2.88. The van der Waals surface area contributed by atoms with E-state index in [0.29, 0.717) is 24.3 Å². The van der Waals surface area contributed by atoms with Gasteiger partial charge in [-0.15, -0.1) is 0 Å². The van der Waals surface area contributed by atoms with Crippen molar-refractivity contribution >= 4 is 41.2 Å². The van der Waals surface area contributed by atoms with Crippen molar-refractivity contribution in [2.45, 2.75) is 32.1 Å². The molecule has 23 heavy (non-hydrogen) atoms. The van der Waals surface area contributed by atoms with E-state index < -0.39 is 5.91 Å². The van der Waals surface area contributed by atoms with Gasteiger partial charge >= 0.3 is 0 Å². The molecule has 0 aromatic heterocycles. The van der Waals surface area contributed by atoms with Crippen LogP contribution in [0, 0.1) is 0 Å².